The van der Waals surface area contributed by atoms with Crippen LogP contribution in [-0.4, -0.2) is 55.4 Å². The molecule has 7 heteroatoms. The summed E-state index contributed by atoms with van der Waals surface area (Å²) in [6.07, 6.45) is -0.737. The van der Waals surface area contributed by atoms with Gasteiger partial charge in [0.2, 0.25) is 0 Å². The summed E-state index contributed by atoms with van der Waals surface area (Å²) in [4.78, 5) is 13.1. The predicted molar refractivity (Wildman–Crippen MR) is 60.3 cm³/mol. The summed E-state index contributed by atoms with van der Waals surface area (Å²) < 4.78 is 33.4. The second kappa shape index (κ2) is 3.84. The van der Waals surface area contributed by atoms with Crippen LogP contribution < -0.4 is 0 Å². The number of carbonyl (C=O) groups excluding carboxylic acids is 1. The van der Waals surface area contributed by atoms with E-state index in [0.29, 0.717) is 6.61 Å². The normalized spacial score (nSPS) is 31.4. The van der Waals surface area contributed by atoms with E-state index < -0.39 is 27.6 Å². The zero-order chi connectivity index (χ0) is 12.8. The molecule has 0 aromatic heterocycles. The zero-order valence-electron chi connectivity index (χ0n) is 10.2. The highest BCUT2D eigenvalue weighted by Gasteiger charge is 2.48. The largest absolute Gasteiger partial charge is 0.444 e. The Kier molecular flexibility index (Phi) is 2.86. The van der Waals surface area contributed by atoms with Gasteiger partial charge < -0.3 is 9.47 Å². The fraction of sp³-hybridized carbons (Fsp3) is 0.900. The maximum absolute atomic E-state index is 11.9. The fourth-order valence-corrected chi connectivity index (χ4v) is 3.55. The highest BCUT2D eigenvalue weighted by molar-refractivity contribution is 7.91. The van der Waals surface area contributed by atoms with Gasteiger partial charge in [0.15, 0.2) is 9.84 Å². The van der Waals surface area contributed by atoms with Crippen LogP contribution in [0.1, 0.15) is 20.8 Å². The van der Waals surface area contributed by atoms with E-state index in [-0.39, 0.29) is 17.7 Å². The topological polar surface area (TPSA) is 76.2 Å². The van der Waals surface area contributed by atoms with Crippen LogP contribution in [-0.2, 0) is 19.3 Å². The fourth-order valence-electron chi connectivity index (χ4n) is 1.80. The van der Waals surface area contributed by atoms with Crippen LogP contribution in [0.15, 0.2) is 0 Å². The van der Waals surface area contributed by atoms with Crippen molar-refractivity contribution in [1.29, 1.82) is 0 Å². The highest BCUT2D eigenvalue weighted by atomic mass is 32.2. The van der Waals surface area contributed by atoms with Gasteiger partial charge in [-0.1, -0.05) is 0 Å². The van der Waals surface area contributed by atoms with Crippen molar-refractivity contribution < 1.29 is 22.7 Å². The van der Waals surface area contributed by atoms with E-state index in [1.807, 2.05) is 0 Å². The molecule has 2 fully saturated rings. The molecule has 0 spiro atoms. The summed E-state index contributed by atoms with van der Waals surface area (Å²) >= 11 is 0. The van der Waals surface area contributed by atoms with E-state index in [4.69, 9.17) is 9.47 Å². The Hall–Kier alpha value is -0.820. The Labute approximate surface area is 101 Å². The molecule has 0 aromatic rings. The number of sulfone groups is 1. The maximum Gasteiger partial charge on any atom is 0.411 e. The molecule has 2 saturated heterocycles. The van der Waals surface area contributed by atoms with Crippen LogP contribution in [0.3, 0.4) is 0 Å². The van der Waals surface area contributed by atoms with Crippen molar-refractivity contribution in [3.63, 3.8) is 0 Å². The summed E-state index contributed by atoms with van der Waals surface area (Å²) in [6, 6.07) is -0.394. The van der Waals surface area contributed by atoms with Crippen molar-refractivity contribution in [3.05, 3.63) is 0 Å². The van der Waals surface area contributed by atoms with Crippen LogP contribution >= 0.6 is 0 Å². The molecule has 6 nitrogen and oxygen atoms in total. The minimum absolute atomic E-state index is 0.0308. The van der Waals surface area contributed by atoms with E-state index in [1.54, 1.807) is 20.8 Å². The summed E-state index contributed by atoms with van der Waals surface area (Å²) in [5.74, 6) is -0.302. The lowest BCUT2D eigenvalue weighted by atomic mass is 10.2. The molecule has 17 heavy (non-hydrogen) atoms. The van der Waals surface area contributed by atoms with Gasteiger partial charge in [-0.05, 0) is 20.8 Å². The summed E-state index contributed by atoms with van der Waals surface area (Å²) in [5, 5.41) is 0. The lowest BCUT2D eigenvalue weighted by molar-refractivity contribution is 0.0217. The Morgan fingerprint density at radius 1 is 1.41 bits per heavy atom. The Bertz CT molecular complexity index is 420. The van der Waals surface area contributed by atoms with Gasteiger partial charge in [-0.15, -0.1) is 0 Å². The first-order chi connectivity index (χ1) is 7.68. The molecule has 0 bridgehead atoms. The third-order valence-electron chi connectivity index (χ3n) is 2.58. The van der Waals surface area contributed by atoms with Gasteiger partial charge in [0, 0.05) is 0 Å². The van der Waals surface area contributed by atoms with Crippen LogP contribution in [0.4, 0.5) is 4.79 Å². The van der Waals surface area contributed by atoms with E-state index in [2.05, 4.69) is 0 Å². The number of hydrogen-bond donors (Lipinski definition) is 0. The van der Waals surface area contributed by atoms with E-state index >= 15 is 0 Å². The molecule has 98 valence electrons. The van der Waals surface area contributed by atoms with Crippen LogP contribution in [0.25, 0.3) is 0 Å². The molecule has 2 heterocycles. The van der Waals surface area contributed by atoms with Crippen molar-refractivity contribution >= 4 is 15.9 Å². The van der Waals surface area contributed by atoms with Gasteiger partial charge in [-0.25, -0.2) is 13.2 Å². The number of nitrogens with zero attached hydrogens (tertiary/aromatic N) is 1. The maximum atomic E-state index is 11.9. The molecular formula is C10H17NO5S. The number of carbonyl (C=O) groups is 1. The van der Waals surface area contributed by atoms with Crippen molar-refractivity contribution in [2.45, 2.75) is 38.5 Å². The van der Waals surface area contributed by atoms with Crippen molar-refractivity contribution in [2.24, 2.45) is 0 Å². The number of hydrogen-bond acceptors (Lipinski definition) is 5. The molecule has 0 unspecified atom stereocenters. The van der Waals surface area contributed by atoms with Crippen molar-refractivity contribution in [2.75, 3.05) is 18.2 Å². The summed E-state index contributed by atoms with van der Waals surface area (Å²) in [7, 11) is -3.21. The quantitative estimate of drug-likeness (QED) is 0.639. The van der Waals surface area contributed by atoms with Crippen molar-refractivity contribution in [1.82, 2.24) is 4.90 Å². The average Bonchev–Trinajstić information content (AvgIpc) is 2.87. The van der Waals surface area contributed by atoms with E-state index in [0.717, 1.165) is 0 Å². The second-order valence-corrected chi connectivity index (χ2v) is 7.51. The van der Waals surface area contributed by atoms with Gasteiger partial charge >= 0.3 is 6.09 Å². The van der Waals surface area contributed by atoms with Gasteiger partial charge in [-0.3, -0.25) is 4.90 Å². The molecule has 0 radical (unpaired) electrons. The molecular weight excluding hydrogens is 246 g/mol. The summed E-state index contributed by atoms with van der Waals surface area (Å²) in [6.45, 7) is 5.76. The minimum atomic E-state index is -3.21. The molecule has 0 aliphatic carbocycles. The zero-order valence-corrected chi connectivity index (χ0v) is 11.0. The smallest absolute Gasteiger partial charge is 0.411 e. The van der Waals surface area contributed by atoms with Crippen molar-refractivity contribution in [3.8, 4) is 0 Å². The highest BCUT2D eigenvalue weighted by Crippen LogP contribution is 2.28. The molecule has 0 aromatic carbocycles. The molecule has 2 aliphatic rings. The second-order valence-electron chi connectivity index (χ2n) is 5.43. The van der Waals surface area contributed by atoms with Crippen LogP contribution in [0.2, 0.25) is 0 Å². The molecule has 2 aliphatic heterocycles. The van der Waals surface area contributed by atoms with Crippen LogP contribution in [0, 0.1) is 0 Å². The molecule has 0 N–H and O–H groups in total. The Morgan fingerprint density at radius 2 is 2.00 bits per heavy atom. The van der Waals surface area contributed by atoms with Gasteiger partial charge in [0.05, 0.1) is 18.4 Å². The first kappa shape index (κ1) is 12.6. The molecule has 1 amide bonds. The molecule has 2 rings (SSSR count). The van der Waals surface area contributed by atoms with E-state index in [9.17, 15) is 13.2 Å². The Balaban J connectivity index is 2.10. The number of ether oxygens (including phenoxy) is 2. The monoisotopic (exact) mass is 263 g/mol. The average molecular weight is 263 g/mol. The number of epoxide rings is 1. The Morgan fingerprint density at radius 3 is 2.47 bits per heavy atom. The molecule has 0 saturated carbocycles. The predicted octanol–water partition coefficient (Wildman–Crippen LogP) is 0.377. The minimum Gasteiger partial charge on any atom is -0.444 e. The third kappa shape index (κ3) is 3.10. The van der Waals surface area contributed by atoms with Gasteiger partial charge in [0.25, 0.3) is 0 Å². The van der Waals surface area contributed by atoms with Crippen LogP contribution in [0.5, 0.6) is 0 Å². The molecule has 2 atom stereocenters. The third-order valence-corrected chi connectivity index (χ3v) is 4.10. The standard InChI is InChI=1S/C10H17NO5S/c1-10(2,3)16-9(12)11-6-17(13,14)5-7(11)8-4-15-8/h7-8H,4-6H2,1-3H3/t7-,8-/m1/s1. The first-order valence-electron chi connectivity index (χ1n) is 5.50. The SMILES string of the molecule is CC(C)(C)OC(=O)N1CS(=O)(=O)C[C@@H]1[C@H]1CO1. The number of rotatable bonds is 1. The van der Waals surface area contributed by atoms with E-state index in [1.165, 1.54) is 4.90 Å². The summed E-state index contributed by atoms with van der Waals surface area (Å²) in [5.41, 5.74) is -0.627. The lowest BCUT2D eigenvalue weighted by Gasteiger charge is -2.26. The number of amides is 1. The first-order valence-corrected chi connectivity index (χ1v) is 7.32. The van der Waals surface area contributed by atoms with Gasteiger partial charge in [-0.2, -0.15) is 0 Å². The van der Waals surface area contributed by atoms with Gasteiger partial charge in [0.1, 0.15) is 17.6 Å². The lowest BCUT2D eigenvalue weighted by Crippen LogP contribution is -2.43.